The van der Waals surface area contributed by atoms with Gasteiger partial charge in [0.1, 0.15) is 17.4 Å². The second-order valence-corrected chi connectivity index (χ2v) is 4.82. The first-order valence-corrected chi connectivity index (χ1v) is 6.65. The number of aromatic nitrogens is 1. The number of Topliss-reactive ketones (excluding diaryl/α,β-unsaturated/α-hetero) is 1. The highest BCUT2D eigenvalue weighted by Crippen LogP contribution is 2.23. The molecule has 0 unspecified atom stereocenters. The van der Waals surface area contributed by atoms with Gasteiger partial charge in [0.05, 0.1) is 12.0 Å². The van der Waals surface area contributed by atoms with E-state index in [0.29, 0.717) is 22.6 Å². The van der Waals surface area contributed by atoms with Gasteiger partial charge in [0.2, 0.25) is 5.89 Å². The first kappa shape index (κ1) is 11.9. The van der Waals surface area contributed by atoms with Gasteiger partial charge < -0.3 is 8.83 Å². The molecule has 2 aromatic heterocycles. The summed E-state index contributed by atoms with van der Waals surface area (Å²) in [6.07, 6.45) is 1.62. The molecule has 0 atom stereocenters. The monoisotopic (exact) mass is 277 g/mol. The highest BCUT2D eigenvalue weighted by Gasteiger charge is 2.16. The number of oxazole rings is 1. The van der Waals surface area contributed by atoms with Crippen molar-refractivity contribution in [1.29, 1.82) is 0 Å². The molecule has 2 heterocycles. The molecule has 0 radical (unpaired) electrons. The normalized spacial score (nSPS) is 11.2. The lowest BCUT2D eigenvalue weighted by Crippen LogP contribution is -2.02. The number of nitrogens with zero attached hydrogens (tertiary/aromatic N) is 1. The van der Waals surface area contributed by atoms with E-state index in [1.165, 1.54) is 6.26 Å². The van der Waals surface area contributed by atoms with Crippen LogP contribution in [0.25, 0.3) is 22.1 Å². The Bertz CT molecular complexity index is 916. The molecule has 0 saturated heterocycles. The predicted molar refractivity (Wildman–Crippen MR) is 78.3 cm³/mol. The molecular formula is C17H11NO3. The Hall–Kier alpha value is -2.88. The van der Waals surface area contributed by atoms with E-state index in [1.54, 1.807) is 0 Å². The number of furan rings is 1. The van der Waals surface area contributed by atoms with Crippen molar-refractivity contribution < 1.29 is 13.6 Å². The van der Waals surface area contributed by atoms with Gasteiger partial charge in [-0.25, -0.2) is 4.98 Å². The summed E-state index contributed by atoms with van der Waals surface area (Å²) in [6, 6.07) is 14.9. The van der Waals surface area contributed by atoms with Crippen molar-refractivity contribution in [3.8, 4) is 0 Å². The average molecular weight is 277 g/mol. The van der Waals surface area contributed by atoms with Crippen LogP contribution in [0.5, 0.6) is 0 Å². The molecule has 0 amide bonds. The van der Waals surface area contributed by atoms with Crippen LogP contribution in [0.3, 0.4) is 0 Å². The molecule has 0 aliphatic carbocycles. The van der Waals surface area contributed by atoms with E-state index < -0.39 is 0 Å². The number of carbonyl (C=O) groups excluding carboxylic acids is 1. The lowest BCUT2D eigenvalue weighted by Gasteiger charge is -1.94. The van der Waals surface area contributed by atoms with E-state index in [2.05, 4.69) is 4.98 Å². The first-order chi connectivity index (χ1) is 10.3. The molecule has 0 saturated carbocycles. The van der Waals surface area contributed by atoms with Crippen LogP contribution in [0.4, 0.5) is 0 Å². The number of carbonyl (C=O) groups is 1. The molecule has 0 aliphatic rings. The molecule has 0 fully saturated rings. The number of para-hydroxylation sites is 3. The van der Waals surface area contributed by atoms with Crippen molar-refractivity contribution in [2.45, 2.75) is 6.42 Å². The number of benzene rings is 2. The Morgan fingerprint density at radius 3 is 2.62 bits per heavy atom. The van der Waals surface area contributed by atoms with Crippen LogP contribution in [0, 0.1) is 0 Å². The number of rotatable bonds is 3. The molecule has 4 heteroatoms. The lowest BCUT2D eigenvalue weighted by atomic mass is 10.1. The van der Waals surface area contributed by atoms with Gasteiger partial charge in [-0.2, -0.15) is 0 Å². The van der Waals surface area contributed by atoms with E-state index in [4.69, 9.17) is 8.83 Å². The molecule has 2 aromatic carbocycles. The van der Waals surface area contributed by atoms with Crippen LogP contribution >= 0.6 is 0 Å². The fourth-order valence-corrected chi connectivity index (χ4v) is 2.42. The second kappa shape index (κ2) is 4.59. The van der Waals surface area contributed by atoms with Crippen LogP contribution in [0.1, 0.15) is 16.2 Å². The summed E-state index contributed by atoms with van der Waals surface area (Å²) in [6.45, 7) is 0. The quantitative estimate of drug-likeness (QED) is 0.531. The number of ketones is 1. The number of hydrogen-bond acceptors (Lipinski definition) is 4. The van der Waals surface area contributed by atoms with Crippen molar-refractivity contribution in [2.75, 3.05) is 0 Å². The lowest BCUT2D eigenvalue weighted by molar-refractivity contribution is 0.0987. The molecule has 0 bridgehead atoms. The third-order valence-corrected chi connectivity index (χ3v) is 3.43. The van der Waals surface area contributed by atoms with E-state index in [9.17, 15) is 4.79 Å². The van der Waals surface area contributed by atoms with Crippen molar-refractivity contribution >= 4 is 27.9 Å². The summed E-state index contributed by atoms with van der Waals surface area (Å²) in [5.41, 5.74) is 2.72. The maximum absolute atomic E-state index is 12.4. The van der Waals surface area contributed by atoms with E-state index >= 15 is 0 Å². The maximum Gasteiger partial charge on any atom is 0.203 e. The Labute approximate surface area is 120 Å². The zero-order valence-corrected chi connectivity index (χ0v) is 11.1. The summed E-state index contributed by atoms with van der Waals surface area (Å²) in [5, 5.41) is 0.818. The molecule has 4 rings (SSSR count). The summed E-state index contributed by atoms with van der Waals surface area (Å²) >= 11 is 0. The Balaban J connectivity index is 1.69. The van der Waals surface area contributed by atoms with Crippen molar-refractivity contribution in [2.24, 2.45) is 0 Å². The molecule has 0 N–H and O–H groups in total. The average Bonchev–Trinajstić information content (AvgIpc) is 3.10. The van der Waals surface area contributed by atoms with E-state index in [-0.39, 0.29) is 12.2 Å². The zero-order chi connectivity index (χ0) is 14.2. The summed E-state index contributed by atoms with van der Waals surface area (Å²) in [7, 11) is 0. The van der Waals surface area contributed by atoms with Gasteiger partial charge in [-0.15, -0.1) is 0 Å². The highest BCUT2D eigenvalue weighted by molar-refractivity contribution is 6.07. The maximum atomic E-state index is 12.4. The van der Waals surface area contributed by atoms with Gasteiger partial charge in [0.25, 0.3) is 0 Å². The topological polar surface area (TPSA) is 56.2 Å². The smallest absolute Gasteiger partial charge is 0.203 e. The summed E-state index contributed by atoms with van der Waals surface area (Å²) in [4.78, 5) is 16.7. The minimum absolute atomic E-state index is 0.0634. The largest absolute Gasteiger partial charge is 0.464 e. The molecule has 0 spiro atoms. The van der Waals surface area contributed by atoms with Crippen LogP contribution in [-0.4, -0.2) is 10.8 Å². The third-order valence-electron chi connectivity index (χ3n) is 3.43. The Morgan fingerprint density at radius 2 is 1.76 bits per heavy atom. The Kier molecular flexibility index (Phi) is 2.60. The molecular weight excluding hydrogens is 266 g/mol. The second-order valence-electron chi connectivity index (χ2n) is 4.82. The minimum Gasteiger partial charge on any atom is -0.464 e. The van der Waals surface area contributed by atoms with Gasteiger partial charge in [-0.3, -0.25) is 4.79 Å². The molecule has 102 valence electrons. The summed E-state index contributed by atoms with van der Waals surface area (Å²) < 4.78 is 11.0. The van der Waals surface area contributed by atoms with E-state index in [0.717, 1.165) is 10.9 Å². The SMILES string of the molecule is O=C(Cc1nc2ccccc2o1)c1coc2ccccc12. The number of fused-ring (bicyclic) bond motifs is 2. The standard InChI is InChI=1S/C17H11NO3/c19-14(12-10-20-15-7-3-1-5-11(12)15)9-17-18-13-6-2-4-8-16(13)21-17/h1-8,10H,9H2. The molecule has 21 heavy (non-hydrogen) atoms. The van der Waals surface area contributed by atoms with Crippen LogP contribution in [-0.2, 0) is 6.42 Å². The molecule has 4 aromatic rings. The first-order valence-electron chi connectivity index (χ1n) is 6.65. The zero-order valence-electron chi connectivity index (χ0n) is 11.1. The minimum atomic E-state index is -0.0634. The third kappa shape index (κ3) is 2.01. The van der Waals surface area contributed by atoms with Gasteiger partial charge in [0, 0.05) is 5.39 Å². The highest BCUT2D eigenvalue weighted by atomic mass is 16.3. The van der Waals surface area contributed by atoms with Crippen molar-refractivity contribution in [3.05, 3.63) is 66.2 Å². The predicted octanol–water partition coefficient (Wildman–Crippen LogP) is 4.00. The van der Waals surface area contributed by atoms with Crippen LogP contribution < -0.4 is 0 Å². The van der Waals surface area contributed by atoms with Gasteiger partial charge in [0.15, 0.2) is 11.4 Å². The van der Waals surface area contributed by atoms with E-state index in [1.807, 2.05) is 48.5 Å². The summed E-state index contributed by atoms with van der Waals surface area (Å²) in [5.74, 6) is 0.359. The fourth-order valence-electron chi connectivity index (χ4n) is 2.42. The van der Waals surface area contributed by atoms with Crippen LogP contribution in [0.15, 0.2) is 63.6 Å². The van der Waals surface area contributed by atoms with Gasteiger partial charge in [-0.1, -0.05) is 30.3 Å². The van der Waals surface area contributed by atoms with Gasteiger partial charge in [-0.05, 0) is 18.2 Å². The van der Waals surface area contributed by atoms with Gasteiger partial charge >= 0.3 is 0 Å². The van der Waals surface area contributed by atoms with Crippen LogP contribution in [0.2, 0.25) is 0 Å². The van der Waals surface area contributed by atoms with Crippen molar-refractivity contribution in [3.63, 3.8) is 0 Å². The fraction of sp³-hybridized carbons (Fsp3) is 0.0588. The molecule has 0 aliphatic heterocycles. The Morgan fingerprint density at radius 1 is 1.00 bits per heavy atom. The van der Waals surface area contributed by atoms with Crippen molar-refractivity contribution in [1.82, 2.24) is 4.98 Å². The molecule has 4 nitrogen and oxygen atoms in total. The number of hydrogen-bond donors (Lipinski definition) is 0.